The van der Waals surface area contributed by atoms with Gasteiger partial charge in [-0.25, -0.2) is 0 Å². The lowest BCUT2D eigenvalue weighted by Gasteiger charge is -2.18. The number of allylic oxidation sites excluding steroid dienone is 1. The van der Waals surface area contributed by atoms with Crippen molar-refractivity contribution in [2.24, 2.45) is 0 Å². The molecular formula is C32H15F12NO2. The van der Waals surface area contributed by atoms with Crippen LogP contribution in [0.1, 0.15) is 29.2 Å². The van der Waals surface area contributed by atoms with E-state index in [-0.39, 0.29) is 44.5 Å². The third-order valence-corrected chi connectivity index (χ3v) is 7.06. The molecule has 15 heteroatoms. The van der Waals surface area contributed by atoms with Gasteiger partial charge in [-0.3, -0.25) is 0 Å². The van der Waals surface area contributed by atoms with Crippen LogP contribution in [0.25, 0.3) is 39.0 Å². The Morgan fingerprint density at radius 1 is 0.532 bits per heavy atom. The Bertz CT molecular complexity index is 1830. The molecule has 3 nitrogen and oxygen atoms in total. The van der Waals surface area contributed by atoms with Crippen LogP contribution < -0.4 is 9.47 Å². The summed E-state index contributed by atoms with van der Waals surface area (Å²) in [4.78, 5) is 0. The molecule has 1 aliphatic rings. The number of hydrogen-bond donors (Lipinski definition) is 0. The highest BCUT2D eigenvalue weighted by molar-refractivity contribution is 6.06. The van der Waals surface area contributed by atoms with Gasteiger partial charge in [-0.05, 0) is 88.8 Å². The smallest absolute Gasteiger partial charge is 0.405 e. The van der Waals surface area contributed by atoms with Crippen LogP contribution in [0.4, 0.5) is 52.7 Å². The maximum Gasteiger partial charge on any atom is 0.573 e. The molecule has 0 saturated carbocycles. The predicted octanol–water partition coefficient (Wildman–Crippen LogP) is 11.2. The number of ether oxygens (including phenoxy) is 2. The third-order valence-electron chi connectivity index (χ3n) is 7.06. The topological polar surface area (TPSA) is 42.2 Å². The highest BCUT2D eigenvalue weighted by atomic mass is 19.4. The van der Waals surface area contributed by atoms with Crippen molar-refractivity contribution in [2.45, 2.75) is 32.0 Å². The van der Waals surface area contributed by atoms with Crippen LogP contribution in [0.2, 0.25) is 0 Å². The number of nitrogens with zero attached hydrogens (tertiary/aromatic N) is 1. The second kappa shape index (κ2) is 11.3. The summed E-state index contributed by atoms with van der Waals surface area (Å²) in [5.41, 5.74) is -5.03. The van der Waals surface area contributed by atoms with Crippen LogP contribution in [0.3, 0.4) is 0 Å². The van der Waals surface area contributed by atoms with E-state index < -0.39 is 58.8 Å². The third kappa shape index (κ3) is 6.86. The van der Waals surface area contributed by atoms with E-state index in [4.69, 9.17) is 0 Å². The Kier molecular flexibility index (Phi) is 7.98. The number of fused-ring (bicyclic) bond motifs is 3. The molecule has 0 aromatic heterocycles. The highest BCUT2D eigenvalue weighted by Gasteiger charge is 2.38. The zero-order valence-electron chi connectivity index (χ0n) is 23.2. The van der Waals surface area contributed by atoms with Crippen molar-refractivity contribution in [1.29, 1.82) is 5.26 Å². The van der Waals surface area contributed by atoms with E-state index in [1.165, 1.54) is 6.92 Å². The van der Waals surface area contributed by atoms with Crippen LogP contribution in [0, 0.1) is 11.3 Å². The maximum absolute atomic E-state index is 13.5. The summed E-state index contributed by atoms with van der Waals surface area (Å²) in [5, 5.41) is 9.69. The summed E-state index contributed by atoms with van der Waals surface area (Å²) in [6.07, 6.45) is -20.5. The molecule has 47 heavy (non-hydrogen) atoms. The van der Waals surface area contributed by atoms with E-state index >= 15 is 0 Å². The van der Waals surface area contributed by atoms with Gasteiger partial charge in [0.15, 0.2) is 0 Å². The minimum absolute atomic E-state index is 0.0571. The molecule has 0 atom stereocenters. The van der Waals surface area contributed by atoms with Crippen LogP contribution in [0.5, 0.6) is 11.5 Å². The molecule has 0 radical (unpaired) electrons. The monoisotopic (exact) mass is 673 g/mol. The average Bonchev–Trinajstić information content (AvgIpc) is 3.25. The standard InChI is InChI=1S/C32H15F12NO2/c1-15(14-45)28-24-12-26(46-31(39,40)41)20(16-4-2-6-18(8-16)29(33,34)35)10-22(24)23-11-21(27(13-25(23)28)47-32(42,43)44)17-5-3-7-19(9-17)30(36,37)38/h2-13H,1H3. The zero-order chi connectivity index (χ0) is 34.7. The fourth-order valence-corrected chi connectivity index (χ4v) is 5.22. The van der Waals surface area contributed by atoms with Gasteiger partial charge in [0.25, 0.3) is 0 Å². The molecule has 0 aliphatic heterocycles. The maximum atomic E-state index is 13.5. The first kappa shape index (κ1) is 33.2. The fraction of sp³-hybridized carbons (Fsp3) is 0.156. The van der Waals surface area contributed by atoms with Gasteiger partial charge < -0.3 is 9.47 Å². The lowest BCUT2D eigenvalue weighted by Crippen LogP contribution is -2.18. The first-order chi connectivity index (χ1) is 21.7. The lowest BCUT2D eigenvalue weighted by molar-refractivity contribution is -0.275. The minimum Gasteiger partial charge on any atom is -0.405 e. The van der Waals surface area contributed by atoms with E-state index in [1.54, 1.807) is 6.07 Å². The van der Waals surface area contributed by atoms with Gasteiger partial charge in [0.2, 0.25) is 0 Å². The van der Waals surface area contributed by atoms with Gasteiger partial charge in [0.1, 0.15) is 11.5 Å². The molecule has 0 saturated heterocycles. The first-order valence-electron chi connectivity index (χ1n) is 13.0. The van der Waals surface area contributed by atoms with Crippen molar-refractivity contribution in [1.82, 2.24) is 0 Å². The zero-order valence-corrected chi connectivity index (χ0v) is 23.2. The molecule has 4 aromatic carbocycles. The summed E-state index contributed by atoms with van der Waals surface area (Å²) in [7, 11) is 0. The number of alkyl halides is 12. The number of nitriles is 1. The molecule has 0 bridgehead atoms. The molecule has 0 unspecified atom stereocenters. The molecule has 0 spiro atoms. The summed E-state index contributed by atoms with van der Waals surface area (Å²) in [5.74, 6) is -1.98. The van der Waals surface area contributed by atoms with Crippen LogP contribution >= 0.6 is 0 Å². The van der Waals surface area contributed by atoms with Crippen LogP contribution in [-0.4, -0.2) is 12.7 Å². The largest absolute Gasteiger partial charge is 0.573 e. The lowest BCUT2D eigenvalue weighted by atomic mass is 9.94. The molecule has 0 amide bonds. The summed E-state index contributed by atoms with van der Waals surface area (Å²) in [6.45, 7) is 1.21. The van der Waals surface area contributed by atoms with E-state index in [2.05, 4.69) is 9.47 Å². The molecule has 1 aliphatic carbocycles. The molecule has 244 valence electrons. The molecule has 5 rings (SSSR count). The van der Waals surface area contributed by atoms with Crippen molar-refractivity contribution in [3.8, 4) is 50.9 Å². The second-order valence-corrected chi connectivity index (χ2v) is 10.2. The predicted molar refractivity (Wildman–Crippen MR) is 143 cm³/mol. The Morgan fingerprint density at radius 2 is 0.915 bits per heavy atom. The van der Waals surface area contributed by atoms with Crippen LogP contribution in [-0.2, 0) is 12.4 Å². The van der Waals surface area contributed by atoms with Gasteiger partial charge in [0.05, 0.1) is 17.2 Å². The Hall–Kier alpha value is -5.13. The van der Waals surface area contributed by atoms with Gasteiger partial charge in [-0.1, -0.05) is 24.3 Å². The van der Waals surface area contributed by atoms with E-state index in [0.717, 1.165) is 48.5 Å². The Morgan fingerprint density at radius 3 is 1.23 bits per heavy atom. The number of hydrogen-bond acceptors (Lipinski definition) is 3. The normalized spacial score (nSPS) is 13.1. The first-order valence-corrected chi connectivity index (χ1v) is 13.0. The van der Waals surface area contributed by atoms with Crippen LogP contribution in [0.15, 0.2) is 78.4 Å². The van der Waals surface area contributed by atoms with Gasteiger partial charge in [0, 0.05) is 22.3 Å². The highest BCUT2D eigenvalue weighted by Crippen LogP contribution is 2.53. The van der Waals surface area contributed by atoms with Crippen molar-refractivity contribution >= 4 is 5.57 Å². The fourth-order valence-electron chi connectivity index (χ4n) is 5.22. The summed E-state index contributed by atoms with van der Waals surface area (Å²) >= 11 is 0. The number of halogens is 12. The minimum atomic E-state index is -5.35. The Labute approximate surface area is 256 Å². The number of rotatable bonds is 4. The van der Waals surface area contributed by atoms with Gasteiger partial charge >= 0.3 is 25.1 Å². The second-order valence-electron chi connectivity index (χ2n) is 10.2. The number of benzene rings is 4. The van der Waals surface area contributed by atoms with E-state index in [0.29, 0.717) is 24.3 Å². The molecule has 4 aromatic rings. The SMILES string of the molecule is CC(C#N)=C1c2cc(OC(F)(F)F)c(-c3cccc(C(F)(F)F)c3)cc2-c2cc(-c3cccc(C(F)(F)F)c3)c(OC(F)(F)F)cc21. The van der Waals surface area contributed by atoms with Gasteiger partial charge in [-0.15, -0.1) is 26.3 Å². The van der Waals surface area contributed by atoms with Crippen molar-refractivity contribution in [3.05, 3.63) is 101 Å². The molecule has 0 fully saturated rings. The van der Waals surface area contributed by atoms with Crippen molar-refractivity contribution in [3.63, 3.8) is 0 Å². The average molecular weight is 673 g/mol. The quantitative estimate of drug-likeness (QED) is 0.141. The Balaban J connectivity index is 1.86. The summed E-state index contributed by atoms with van der Waals surface area (Å²) in [6, 6.07) is 11.8. The molecular weight excluding hydrogens is 658 g/mol. The van der Waals surface area contributed by atoms with E-state index in [9.17, 15) is 57.9 Å². The van der Waals surface area contributed by atoms with Gasteiger partial charge in [-0.2, -0.15) is 31.6 Å². The molecule has 0 N–H and O–H groups in total. The van der Waals surface area contributed by atoms with Crippen molar-refractivity contribution < 1.29 is 62.2 Å². The molecule has 0 heterocycles. The van der Waals surface area contributed by atoms with Crippen molar-refractivity contribution in [2.75, 3.05) is 0 Å². The summed E-state index contributed by atoms with van der Waals surface area (Å²) < 4.78 is 171. The van der Waals surface area contributed by atoms with E-state index in [1.807, 2.05) is 0 Å².